The first-order chi connectivity index (χ1) is 14.3. The van der Waals surface area contributed by atoms with Gasteiger partial charge in [-0.25, -0.2) is 4.79 Å². The van der Waals surface area contributed by atoms with Crippen LogP contribution in [-0.2, 0) is 14.3 Å². The third-order valence-electron chi connectivity index (χ3n) is 4.59. The number of nitrogens with zero attached hydrogens (tertiary/aromatic N) is 1. The van der Waals surface area contributed by atoms with Crippen molar-refractivity contribution in [1.29, 1.82) is 0 Å². The second kappa shape index (κ2) is 14.2. The van der Waals surface area contributed by atoms with E-state index in [9.17, 15) is 19.5 Å². The molecular formula is C21H30Cl2N2O5. The van der Waals surface area contributed by atoms with Gasteiger partial charge in [0.2, 0.25) is 5.91 Å². The minimum atomic E-state index is -1.20. The molecule has 1 rings (SSSR count). The highest BCUT2D eigenvalue weighted by Crippen LogP contribution is 2.22. The van der Waals surface area contributed by atoms with E-state index in [0.717, 1.165) is 19.3 Å². The number of carbonyl (C=O) groups excluding carboxylic acids is 2. The average molecular weight is 461 g/mol. The van der Waals surface area contributed by atoms with Gasteiger partial charge in [0.1, 0.15) is 6.04 Å². The SMILES string of the molecule is CCCCCN(CCCOC)C(=O)CC[C@H](NC(=O)c1ccc(Cl)c(Cl)c1)C(=O)O. The molecule has 30 heavy (non-hydrogen) atoms. The third kappa shape index (κ3) is 9.32. The Balaban J connectivity index is 2.68. The summed E-state index contributed by atoms with van der Waals surface area (Å²) in [6, 6.07) is 3.10. The van der Waals surface area contributed by atoms with Gasteiger partial charge in [-0.05, 0) is 37.5 Å². The molecule has 0 fully saturated rings. The predicted molar refractivity (Wildman–Crippen MR) is 117 cm³/mol. The Kier molecular flexibility index (Phi) is 12.4. The fraction of sp³-hybridized carbons (Fsp3) is 0.571. The van der Waals surface area contributed by atoms with Crippen molar-refractivity contribution in [3.8, 4) is 0 Å². The van der Waals surface area contributed by atoms with E-state index >= 15 is 0 Å². The molecule has 0 heterocycles. The molecule has 0 bridgehead atoms. The van der Waals surface area contributed by atoms with E-state index in [1.54, 1.807) is 12.0 Å². The predicted octanol–water partition coefficient (Wildman–Crippen LogP) is 4.01. The number of aliphatic carboxylic acids is 1. The van der Waals surface area contributed by atoms with Crippen LogP contribution < -0.4 is 5.32 Å². The lowest BCUT2D eigenvalue weighted by Crippen LogP contribution is -2.42. The zero-order chi connectivity index (χ0) is 22.5. The summed E-state index contributed by atoms with van der Waals surface area (Å²) < 4.78 is 5.05. The summed E-state index contributed by atoms with van der Waals surface area (Å²) in [6.45, 7) is 3.83. The maximum absolute atomic E-state index is 12.6. The van der Waals surface area contributed by atoms with E-state index in [4.69, 9.17) is 27.9 Å². The Bertz CT molecular complexity index is 705. The van der Waals surface area contributed by atoms with Crippen molar-refractivity contribution in [2.24, 2.45) is 0 Å². The summed E-state index contributed by atoms with van der Waals surface area (Å²) in [5, 5.41) is 12.4. The van der Waals surface area contributed by atoms with Crippen molar-refractivity contribution in [3.05, 3.63) is 33.8 Å². The van der Waals surface area contributed by atoms with E-state index in [2.05, 4.69) is 12.2 Å². The van der Waals surface area contributed by atoms with E-state index in [1.807, 2.05) is 0 Å². The van der Waals surface area contributed by atoms with Crippen LogP contribution >= 0.6 is 23.2 Å². The number of methoxy groups -OCH3 is 1. The lowest BCUT2D eigenvalue weighted by atomic mass is 10.1. The maximum atomic E-state index is 12.6. The summed E-state index contributed by atoms with van der Waals surface area (Å²) in [7, 11) is 1.61. The molecule has 0 radical (unpaired) electrons. The number of hydrogen-bond acceptors (Lipinski definition) is 4. The smallest absolute Gasteiger partial charge is 0.326 e. The number of carboxylic acid groups (broad SMARTS) is 1. The molecule has 0 aliphatic heterocycles. The first-order valence-electron chi connectivity index (χ1n) is 10.1. The monoisotopic (exact) mass is 460 g/mol. The Labute approximate surface area is 187 Å². The van der Waals surface area contributed by atoms with Gasteiger partial charge in [-0.3, -0.25) is 9.59 Å². The van der Waals surface area contributed by atoms with Crippen molar-refractivity contribution >= 4 is 41.0 Å². The summed E-state index contributed by atoms with van der Waals surface area (Å²) >= 11 is 11.8. The first kappa shape index (κ1) is 26.2. The van der Waals surface area contributed by atoms with Gasteiger partial charge in [-0.2, -0.15) is 0 Å². The number of benzene rings is 1. The van der Waals surface area contributed by atoms with Gasteiger partial charge in [0.05, 0.1) is 10.0 Å². The molecule has 2 N–H and O–H groups in total. The molecule has 1 aromatic carbocycles. The van der Waals surface area contributed by atoms with Crippen molar-refractivity contribution in [2.45, 2.75) is 51.5 Å². The molecule has 0 aliphatic carbocycles. The fourth-order valence-corrected chi connectivity index (χ4v) is 3.17. The van der Waals surface area contributed by atoms with Gasteiger partial charge in [0, 0.05) is 38.8 Å². The minimum Gasteiger partial charge on any atom is -0.480 e. The first-order valence-corrected chi connectivity index (χ1v) is 10.8. The van der Waals surface area contributed by atoms with Crippen LogP contribution in [0.1, 0.15) is 55.8 Å². The van der Waals surface area contributed by atoms with Gasteiger partial charge < -0.3 is 20.1 Å². The average Bonchev–Trinajstić information content (AvgIpc) is 2.71. The number of carbonyl (C=O) groups is 3. The molecular weight excluding hydrogens is 431 g/mol. The Morgan fingerprint density at radius 1 is 1.13 bits per heavy atom. The van der Waals surface area contributed by atoms with Crippen LogP contribution in [0, 0.1) is 0 Å². The van der Waals surface area contributed by atoms with Gasteiger partial charge in [0.15, 0.2) is 0 Å². The number of nitrogens with one attached hydrogen (secondary N) is 1. The van der Waals surface area contributed by atoms with Crippen molar-refractivity contribution in [2.75, 3.05) is 26.8 Å². The van der Waals surface area contributed by atoms with E-state index in [1.165, 1.54) is 18.2 Å². The Morgan fingerprint density at radius 2 is 1.83 bits per heavy atom. The van der Waals surface area contributed by atoms with Crippen LogP contribution in [-0.4, -0.2) is 60.6 Å². The quantitative estimate of drug-likeness (QED) is 0.408. The number of hydrogen-bond donors (Lipinski definition) is 2. The fourth-order valence-electron chi connectivity index (χ4n) is 2.88. The minimum absolute atomic E-state index is 0.00418. The molecule has 0 spiro atoms. The van der Waals surface area contributed by atoms with Crippen LogP contribution in [0.25, 0.3) is 0 Å². The number of carboxylic acids is 1. The summed E-state index contributed by atoms with van der Waals surface area (Å²) in [4.78, 5) is 38.3. The molecule has 0 unspecified atom stereocenters. The Hall–Kier alpha value is -1.83. The summed E-state index contributed by atoms with van der Waals surface area (Å²) in [6.07, 6.45) is 3.69. The second-order valence-corrected chi connectivity index (χ2v) is 7.78. The van der Waals surface area contributed by atoms with Crippen LogP contribution in [0.3, 0.4) is 0 Å². The van der Waals surface area contributed by atoms with Crippen molar-refractivity contribution in [3.63, 3.8) is 0 Å². The van der Waals surface area contributed by atoms with Gasteiger partial charge in [-0.1, -0.05) is 43.0 Å². The lowest BCUT2D eigenvalue weighted by molar-refractivity contribution is -0.139. The molecule has 0 aromatic heterocycles. The molecule has 0 saturated heterocycles. The second-order valence-electron chi connectivity index (χ2n) is 6.97. The molecule has 7 nitrogen and oxygen atoms in total. The number of halogens is 2. The van der Waals surface area contributed by atoms with Crippen molar-refractivity contribution in [1.82, 2.24) is 10.2 Å². The third-order valence-corrected chi connectivity index (χ3v) is 5.33. The summed E-state index contributed by atoms with van der Waals surface area (Å²) in [5.74, 6) is -1.92. The zero-order valence-electron chi connectivity index (χ0n) is 17.5. The van der Waals surface area contributed by atoms with E-state index in [0.29, 0.717) is 31.1 Å². The van der Waals surface area contributed by atoms with Crippen LogP contribution in [0.2, 0.25) is 10.0 Å². The van der Waals surface area contributed by atoms with Gasteiger partial charge in [-0.15, -0.1) is 0 Å². The van der Waals surface area contributed by atoms with Crippen molar-refractivity contribution < 1.29 is 24.2 Å². The van der Waals surface area contributed by atoms with Gasteiger partial charge in [0.25, 0.3) is 5.91 Å². The van der Waals surface area contributed by atoms with Crippen LogP contribution in [0.5, 0.6) is 0 Å². The molecule has 0 aliphatic rings. The molecule has 168 valence electrons. The van der Waals surface area contributed by atoms with Crippen LogP contribution in [0.15, 0.2) is 18.2 Å². The largest absolute Gasteiger partial charge is 0.480 e. The molecule has 2 amide bonds. The number of amides is 2. The van der Waals surface area contributed by atoms with Gasteiger partial charge >= 0.3 is 5.97 Å². The number of rotatable bonds is 14. The van der Waals surface area contributed by atoms with E-state index in [-0.39, 0.29) is 29.3 Å². The zero-order valence-corrected chi connectivity index (χ0v) is 19.0. The highest BCUT2D eigenvalue weighted by atomic mass is 35.5. The standard InChI is InChI=1S/C21H30Cl2N2O5/c1-3-4-5-11-25(12-6-13-30-2)19(26)10-9-18(21(28)29)24-20(27)15-7-8-16(22)17(23)14-15/h7-8,14,18H,3-6,9-13H2,1-2H3,(H,24,27)(H,28,29)/t18-/m0/s1. The van der Waals surface area contributed by atoms with Crippen LogP contribution in [0.4, 0.5) is 0 Å². The lowest BCUT2D eigenvalue weighted by Gasteiger charge is -2.23. The highest BCUT2D eigenvalue weighted by Gasteiger charge is 2.23. The number of unbranched alkanes of at least 4 members (excludes halogenated alkanes) is 2. The normalized spacial score (nSPS) is 11.7. The summed E-state index contributed by atoms with van der Waals surface area (Å²) in [5.41, 5.74) is 0.197. The molecule has 0 saturated carbocycles. The topological polar surface area (TPSA) is 95.9 Å². The number of ether oxygens (including phenoxy) is 1. The molecule has 1 atom stereocenters. The highest BCUT2D eigenvalue weighted by molar-refractivity contribution is 6.42. The van der Waals surface area contributed by atoms with E-state index < -0.39 is 17.9 Å². The molecule has 9 heteroatoms. The Morgan fingerprint density at radius 3 is 2.43 bits per heavy atom. The maximum Gasteiger partial charge on any atom is 0.326 e. The molecule has 1 aromatic rings.